The van der Waals surface area contributed by atoms with Gasteiger partial charge in [-0.25, -0.2) is 0 Å². The molecule has 0 bridgehead atoms. The number of nitrogens with zero attached hydrogens (tertiary/aromatic N) is 2. The van der Waals surface area contributed by atoms with Crippen molar-refractivity contribution in [2.45, 2.75) is 82.7 Å². The van der Waals surface area contributed by atoms with Crippen LogP contribution in [0.2, 0.25) is 0 Å². The number of piperazine rings is 1. The van der Waals surface area contributed by atoms with Gasteiger partial charge in [0.15, 0.2) is 0 Å². The first-order valence-electron chi connectivity index (χ1n) is 13.2. The van der Waals surface area contributed by atoms with Crippen molar-refractivity contribution >= 4 is 17.9 Å². The summed E-state index contributed by atoms with van der Waals surface area (Å²) in [4.78, 5) is 31.5. The van der Waals surface area contributed by atoms with E-state index in [0.717, 1.165) is 51.7 Å². The Morgan fingerprint density at radius 1 is 1.06 bits per heavy atom. The van der Waals surface area contributed by atoms with E-state index < -0.39 is 5.54 Å². The molecule has 1 N–H and O–H groups in total. The summed E-state index contributed by atoms with van der Waals surface area (Å²) in [6, 6.07) is 10.0. The third-order valence-corrected chi connectivity index (χ3v) is 7.99. The highest BCUT2D eigenvalue weighted by Gasteiger charge is 2.53. The number of benzene rings is 1. The molecule has 2 saturated heterocycles. The quantitative estimate of drug-likeness (QED) is 0.627. The summed E-state index contributed by atoms with van der Waals surface area (Å²) >= 11 is 0. The minimum Gasteiger partial charge on any atom is -0.342 e. The summed E-state index contributed by atoms with van der Waals surface area (Å²) in [6.07, 6.45) is 14.9. The summed E-state index contributed by atoms with van der Waals surface area (Å²) in [5, 5.41) is 3.20. The van der Waals surface area contributed by atoms with Crippen molar-refractivity contribution in [3.8, 4) is 0 Å². The van der Waals surface area contributed by atoms with Gasteiger partial charge in [-0.2, -0.15) is 0 Å². The maximum Gasteiger partial charge on any atom is 0.246 e. The van der Waals surface area contributed by atoms with Crippen LogP contribution in [0.4, 0.5) is 0 Å². The zero-order valence-electron chi connectivity index (χ0n) is 20.3. The predicted molar refractivity (Wildman–Crippen MR) is 134 cm³/mol. The van der Waals surface area contributed by atoms with E-state index in [1.54, 1.807) is 0 Å². The fraction of sp³-hybridized carbons (Fsp3) is 0.643. The number of piperidine rings is 1. The molecular weight excluding hydrogens is 410 g/mol. The molecule has 1 saturated carbocycles. The molecule has 3 aliphatic rings. The van der Waals surface area contributed by atoms with Gasteiger partial charge in [0.2, 0.25) is 11.8 Å². The second kappa shape index (κ2) is 11.3. The normalized spacial score (nSPS) is 24.5. The standard InChI is InChI=1S/C28H41N3O2/c1-2-3-19-31-26(32)25(22-24-13-8-5-9-14-24)29-27(33)28(31)16-20-30(21-17-28)18-10-15-23-11-6-4-7-12-23/h4,6-7,10-12,15,24-25H,2-3,5,8-9,13-14,16-22H2,1H3,(H,29,33)/b15-10+. The number of likely N-dealkylation sites (tertiary alicyclic amines) is 1. The van der Waals surface area contributed by atoms with E-state index in [-0.39, 0.29) is 17.9 Å². The summed E-state index contributed by atoms with van der Waals surface area (Å²) in [5.41, 5.74) is 0.549. The van der Waals surface area contributed by atoms with Crippen molar-refractivity contribution in [2.75, 3.05) is 26.2 Å². The van der Waals surface area contributed by atoms with Crippen LogP contribution in [0.3, 0.4) is 0 Å². The first kappa shape index (κ1) is 24.0. The van der Waals surface area contributed by atoms with Crippen LogP contribution in [0.25, 0.3) is 6.08 Å². The van der Waals surface area contributed by atoms with Crippen LogP contribution in [0.15, 0.2) is 36.4 Å². The highest BCUT2D eigenvalue weighted by Crippen LogP contribution is 2.36. The van der Waals surface area contributed by atoms with Gasteiger partial charge in [-0.15, -0.1) is 0 Å². The topological polar surface area (TPSA) is 52.7 Å². The van der Waals surface area contributed by atoms with Gasteiger partial charge in [-0.1, -0.05) is 87.9 Å². The molecule has 1 spiro atoms. The Labute approximate surface area is 199 Å². The number of hydrogen-bond acceptors (Lipinski definition) is 3. The molecule has 1 atom stereocenters. The lowest BCUT2D eigenvalue weighted by Gasteiger charge is -2.52. The van der Waals surface area contributed by atoms with Gasteiger partial charge in [0, 0.05) is 26.2 Å². The van der Waals surface area contributed by atoms with E-state index in [1.807, 2.05) is 11.0 Å². The second-order valence-electron chi connectivity index (χ2n) is 10.3. The molecule has 180 valence electrons. The molecular formula is C28H41N3O2. The van der Waals surface area contributed by atoms with Crippen LogP contribution >= 0.6 is 0 Å². The van der Waals surface area contributed by atoms with Crippen molar-refractivity contribution < 1.29 is 9.59 Å². The van der Waals surface area contributed by atoms with Gasteiger partial charge in [-0.3, -0.25) is 14.5 Å². The first-order chi connectivity index (χ1) is 16.1. The van der Waals surface area contributed by atoms with Crippen molar-refractivity contribution in [1.29, 1.82) is 0 Å². The van der Waals surface area contributed by atoms with E-state index in [2.05, 4.69) is 53.6 Å². The van der Waals surface area contributed by atoms with Crippen molar-refractivity contribution in [1.82, 2.24) is 15.1 Å². The van der Waals surface area contributed by atoms with Gasteiger partial charge in [0.25, 0.3) is 0 Å². The zero-order valence-corrected chi connectivity index (χ0v) is 20.3. The third kappa shape index (κ3) is 5.68. The molecule has 33 heavy (non-hydrogen) atoms. The third-order valence-electron chi connectivity index (χ3n) is 7.99. The summed E-state index contributed by atoms with van der Waals surface area (Å²) in [7, 11) is 0. The molecule has 2 amide bonds. The summed E-state index contributed by atoms with van der Waals surface area (Å²) in [6.45, 7) is 5.42. The number of nitrogens with one attached hydrogen (secondary N) is 1. The molecule has 5 nitrogen and oxygen atoms in total. The molecule has 2 aliphatic heterocycles. The van der Waals surface area contributed by atoms with Crippen molar-refractivity contribution in [3.05, 3.63) is 42.0 Å². The highest BCUT2D eigenvalue weighted by molar-refractivity contribution is 6.00. The molecule has 1 aromatic carbocycles. The van der Waals surface area contributed by atoms with Gasteiger partial charge in [0.1, 0.15) is 11.6 Å². The largest absolute Gasteiger partial charge is 0.342 e. The van der Waals surface area contributed by atoms with Crippen molar-refractivity contribution in [2.24, 2.45) is 5.92 Å². The van der Waals surface area contributed by atoms with E-state index >= 15 is 0 Å². The Balaban J connectivity index is 1.39. The SMILES string of the molecule is CCCCN1C(=O)C(CC2CCCCC2)NC(=O)C12CCN(C/C=C/c1ccccc1)CC2. The van der Waals surface area contributed by atoms with Gasteiger partial charge in [-0.05, 0) is 37.2 Å². The van der Waals surface area contributed by atoms with Crippen LogP contribution in [-0.2, 0) is 9.59 Å². The van der Waals surface area contributed by atoms with Crippen LogP contribution in [0, 0.1) is 5.92 Å². The Kier molecular flexibility index (Phi) is 8.24. The Morgan fingerprint density at radius 3 is 2.48 bits per heavy atom. The van der Waals surface area contributed by atoms with Gasteiger partial charge in [0.05, 0.1) is 0 Å². The summed E-state index contributed by atoms with van der Waals surface area (Å²) < 4.78 is 0. The Bertz CT molecular complexity index is 808. The average molecular weight is 452 g/mol. The fourth-order valence-electron chi connectivity index (χ4n) is 5.94. The fourth-order valence-corrected chi connectivity index (χ4v) is 5.94. The lowest BCUT2D eigenvalue weighted by atomic mass is 9.79. The predicted octanol–water partition coefficient (Wildman–Crippen LogP) is 4.63. The van der Waals surface area contributed by atoms with Crippen LogP contribution in [0.5, 0.6) is 0 Å². The van der Waals surface area contributed by atoms with E-state index in [0.29, 0.717) is 12.5 Å². The number of carbonyl (C=O) groups is 2. The average Bonchev–Trinajstić information content (AvgIpc) is 2.85. The van der Waals surface area contributed by atoms with Crippen LogP contribution in [0.1, 0.15) is 76.7 Å². The lowest BCUT2D eigenvalue weighted by Crippen LogP contribution is -2.73. The molecule has 4 rings (SSSR count). The number of amides is 2. The van der Waals surface area contributed by atoms with Crippen LogP contribution in [-0.4, -0.2) is 59.4 Å². The molecule has 1 aliphatic carbocycles. The van der Waals surface area contributed by atoms with E-state index in [4.69, 9.17) is 0 Å². The number of rotatable bonds is 8. The van der Waals surface area contributed by atoms with Crippen molar-refractivity contribution in [3.63, 3.8) is 0 Å². The Hall–Kier alpha value is -2.14. The molecule has 1 aromatic rings. The van der Waals surface area contributed by atoms with E-state index in [9.17, 15) is 9.59 Å². The highest BCUT2D eigenvalue weighted by atomic mass is 16.2. The monoisotopic (exact) mass is 451 g/mol. The molecule has 2 heterocycles. The minimum absolute atomic E-state index is 0.0958. The molecule has 0 radical (unpaired) electrons. The van der Waals surface area contributed by atoms with E-state index in [1.165, 1.54) is 37.7 Å². The first-order valence-corrected chi connectivity index (χ1v) is 13.2. The van der Waals surface area contributed by atoms with Crippen LogP contribution < -0.4 is 5.32 Å². The smallest absolute Gasteiger partial charge is 0.246 e. The molecule has 5 heteroatoms. The molecule has 1 unspecified atom stereocenters. The maximum absolute atomic E-state index is 13.6. The number of unbranched alkanes of at least 4 members (excludes halogenated alkanes) is 1. The number of carbonyl (C=O) groups excluding carboxylic acids is 2. The minimum atomic E-state index is -0.658. The van der Waals surface area contributed by atoms with Gasteiger partial charge < -0.3 is 10.2 Å². The second-order valence-corrected chi connectivity index (χ2v) is 10.3. The zero-order chi connectivity index (χ0) is 23.1. The maximum atomic E-state index is 13.6. The Morgan fingerprint density at radius 2 is 1.79 bits per heavy atom. The summed E-state index contributed by atoms with van der Waals surface area (Å²) in [5.74, 6) is 0.845. The van der Waals surface area contributed by atoms with Gasteiger partial charge >= 0.3 is 0 Å². The number of hydrogen-bond donors (Lipinski definition) is 1. The molecule has 0 aromatic heterocycles. The lowest BCUT2D eigenvalue weighted by molar-refractivity contribution is -0.161. The molecule has 3 fully saturated rings.